The lowest BCUT2D eigenvalue weighted by Crippen LogP contribution is -2.45. The van der Waals surface area contributed by atoms with Crippen molar-refractivity contribution in [3.63, 3.8) is 0 Å². The van der Waals surface area contributed by atoms with Crippen molar-refractivity contribution in [3.8, 4) is 11.1 Å². The van der Waals surface area contributed by atoms with E-state index in [0.717, 1.165) is 24.8 Å². The molecule has 0 bridgehead atoms. The minimum Gasteiger partial charge on any atom is -0.478 e. The van der Waals surface area contributed by atoms with Gasteiger partial charge in [0.25, 0.3) is 0 Å². The third kappa shape index (κ3) is 7.72. The van der Waals surface area contributed by atoms with Crippen LogP contribution in [0.1, 0.15) is 63.7 Å². The first-order valence-electron chi connectivity index (χ1n) is 10.8. The third-order valence-corrected chi connectivity index (χ3v) is 4.71. The van der Waals surface area contributed by atoms with Gasteiger partial charge in [-0.3, -0.25) is 4.79 Å². The van der Waals surface area contributed by atoms with Crippen LogP contribution in [0.25, 0.3) is 11.1 Å². The summed E-state index contributed by atoms with van der Waals surface area (Å²) in [4.78, 5) is 36.9. The number of carbonyl (C=O) groups excluding carboxylic acids is 2. The molecule has 0 spiro atoms. The average molecular weight is 441 g/mol. The molecule has 1 unspecified atom stereocenters. The van der Waals surface area contributed by atoms with Gasteiger partial charge in [0, 0.05) is 5.69 Å². The first kappa shape index (κ1) is 24.9. The Morgan fingerprint density at radius 1 is 1.03 bits per heavy atom. The van der Waals surface area contributed by atoms with E-state index in [9.17, 15) is 19.5 Å². The van der Waals surface area contributed by atoms with Crippen molar-refractivity contribution in [2.45, 2.75) is 65.0 Å². The molecule has 2 rings (SSSR count). The number of carboxylic acids is 1. The van der Waals surface area contributed by atoms with Crippen LogP contribution in [0, 0.1) is 0 Å². The molecule has 2 aromatic rings. The number of anilines is 1. The van der Waals surface area contributed by atoms with Crippen LogP contribution in [-0.4, -0.2) is 34.7 Å². The molecule has 0 aliphatic rings. The van der Waals surface area contributed by atoms with E-state index < -0.39 is 23.7 Å². The van der Waals surface area contributed by atoms with E-state index in [0.29, 0.717) is 17.7 Å². The van der Waals surface area contributed by atoms with Crippen molar-refractivity contribution in [2.75, 3.05) is 5.32 Å². The highest BCUT2D eigenvalue weighted by Gasteiger charge is 2.24. The van der Waals surface area contributed by atoms with E-state index in [1.54, 1.807) is 32.9 Å². The SMILES string of the molecule is CCCCCC(NC(=O)OC(C)(C)C)C(=O)Nc1ccc(C(=O)O)c(-c2ccccc2)c1. The van der Waals surface area contributed by atoms with E-state index in [4.69, 9.17) is 4.74 Å². The first-order valence-corrected chi connectivity index (χ1v) is 10.8. The summed E-state index contributed by atoms with van der Waals surface area (Å²) in [5.41, 5.74) is 1.14. The normalized spacial score (nSPS) is 12.0. The van der Waals surface area contributed by atoms with Gasteiger partial charge in [-0.15, -0.1) is 0 Å². The van der Waals surface area contributed by atoms with Gasteiger partial charge in [-0.2, -0.15) is 0 Å². The second kappa shape index (κ2) is 11.3. The predicted molar refractivity (Wildman–Crippen MR) is 125 cm³/mol. The number of nitrogens with one attached hydrogen (secondary N) is 2. The molecule has 0 radical (unpaired) electrons. The smallest absolute Gasteiger partial charge is 0.408 e. The highest BCUT2D eigenvalue weighted by atomic mass is 16.6. The molecule has 0 saturated heterocycles. The van der Waals surface area contributed by atoms with Crippen molar-refractivity contribution in [2.24, 2.45) is 0 Å². The summed E-state index contributed by atoms with van der Waals surface area (Å²) in [6.07, 6.45) is 2.51. The molecule has 0 saturated carbocycles. The lowest BCUT2D eigenvalue weighted by atomic mass is 9.99. The Balaban J connectivity index is 2.23. The molecule has 7 nitrogen and oxygen atoms in total. The number of amides is 2. The fourth-order valence-corrected chi connectivity index (χ4v) is 3.21. The minimum atomic E-state index is -1.05. The largest absolute Gasteiger partial charge is 0.478 e. The Morgan fingerprint density at radius 2 is 1.72 bits per heavy atom. The van der Waals surface area contributed by atoms with Crippen molar-refractivity contribution in [3.05, 3.63) is 54.1 Å². The standard InChI is InChI=1S/C25H32N2O5/c1-5-6-8-13-21(27-24(31)32-25(2,3)4)22(28)26-18-14-15-19(23(29)30)20(16-18)17-11-9-7-10-12-17/h7,9-12,14-16,21H,5-6,8,13H2,1-4H3,(H,26,28)(H,27,31)(H,29,30). The van der Waals surface area contributed by atoms with E-state index in [1.807, 2.05) is 30.3 Å². The number of ether oxygens (including phenoxy) is 1. The highest BCUT2D eigenvalue weighted by molar-refractivity contribution is 6.00. The molecule has 0 aliphatic carbocycles. The van der Waals surface area contributed by atoms with Gasteiger partial charge in [0.2, 0.25) is 5.91 Å². The predicted octanol–water partition coefficient (Wildman–Crippen LogP) is 5.46. The molecule has 2 aromatic carbocycles. The monoisotopic (exact) mass is 440 g/mol. The maximum Gasteiger partial charge on any atom is 0.408 e. The Labute approximate surface area is 189 Å². The van der Waals surface area contributed by atoms with Crippen LogP contribution in [0.4, 0.5) is 10.5 Å². The topological polar surface area (TPSA) is 105 Å². The van der Waals surface area contributed by atoms with Gasteiger partial charge in [0.1, 0.15) is 11.6 Å². The molecule has 0 fully saturated rings. The van der Waals surface area contributed by atoms with Gasteiger partial charge in [-0.25, -0.2) is 9.59 Å². The fourth-order valence-electron chi connectivity index (χ4n) is 3.21. The first-order chi connectivity index (χ1) is 15.1. The van der Waals surface area contributed by atoms with Crippen LogP contribution >= 0.6 is 0 Å². The molecule has 3 N–H and O–H groups in total. The third-order valence-electron chi connectivity index (χ3n) is 4.71. The lowest BCUT2D eigenvalue weighted by molar-refractivity contribution is -0.118. The summed E-state index contributed by atoms with van der Waals surface area (Å²) in [6, 6.07) is 13.0. The Bertz CT molecular complexity index is 935. The highest BCUT2D eigenvalue weighted by Crippen LogP contribution is 2.27. The number of rotatable bonds is 9. The van der Waals surface area contributed by atoms with Gasteiger partial charge in [-0.05, 0) is 56.5 Å². The van der Waals surface area contributed by atoms with Crippen LogP contribution in [0.2, 0.25) is 0 Å². The van der Waals surface area contributed by atoms with E-state index in [2.05, 4.69) is 17.6 Å². The zero-order chi connectivity index (χ0) is 23.7. The quantitative estimate of drug-likeness (QED) is 0.449. The summed E-state index contributed by atoms with van der Waals surface area (Å²) in [5.74, 6) is -1.43. The molecule has 2 amide bonds. The van der Waals surface area contributed by atoms with Crippen molar-refractivity contribution in [1.29, 1.82) is 0 Å². The number of hydrogen-bond acceptors (Lipinski definition) is 4. The number of benzene rings is 2. The van der Waals surface area contributed by atoms with Gasteiger partial charge in [0.15, 0.2) is 0 Å². The molecule has 0 aliphatic heterocycles. The molecule has 1 atom stereocenters. The summed E-state index contributed by atoms with van der Waals surface area (Å²) in [5, 5.41) is 15.0. The number of carboxylic acid groups (broad SMARTS) is 1. The average Bonchev–Trinajstić information content (AvgIpc) is 2.72. The number of aromatic carboxylic acids is 1. The van der Waals surface area contributed by atoms with Crippen molar-refractivity contribution in [1.82, 2.24) is 5.32 Å². The van der Waals surface area contributed by atoms with Crippen molar-refractivity contribution >= 4 is 23.7 Å². The van der Waals surface area contributed by atoms with Crippen molar-refractivity contribution < 1.29 is 24.2 Å². The molecule has 7 heteroatoms. The van der Waals surface area contributed by atoms with E-state index in [-0.39, 0.29) is 11.5 Å². The summed E-state index contributed by atoms with van der Waals surface area (Å²) in [6.45, 7) is 7.33. The van der Waals surface area contributed by atoms with E-state index >= 15 is 0 Å². The molecular formula is C25H32N2O5. The van der Waals surface area contributed by atoms with Crippen LogP contribution in [-0.2, 0) is 9.53 Å². The van der Waals surface area contributed by atoms with Crippen LogP contribution in [0.3, 0.4) is 0 Å². The maximum absolute atomic E-state index is 13.0. The summed E-state index contributed by atoms with van der Waals surface area (Å²) in [7, 11) is 0. The van der Waals surface area contributed by atoms with Gasteiger partial charge in [-0.1, -0.05) is 56.5 Å². The summed E-state index contributed by atoms with van der Waals surface area (Å²) >= 11 is 0. The Kier molecular flexibility index (Phi) is 8.81. The zero-order valence-corrected chi connectivity index (χ0v) is 19.1. The molecule has 0 heterocycles. The fraction of sp³-hybridized carbons (Fsp3) is 0.400. The van der Waals surface area contributed by atoms with Crippen LogP contribution in [0.15, 0.2) is 48.5 Å². The van der Waals surface area contributed by atoms with Gasteiger partial charge < -0.3 is 20.5 Å². The molecule has 172 valence electrons. The van der Waals surface area contributed by atoms with Crippen LogP contribution < -0.4 is 10.6 Å². The molecule has 0 aromatic heterocycles. The van der Waals surface area contributed by atoms with Crippen LogP contribution in [0.5, 0.6) is 0 Å². The number of alkyl carbamates (subject to hydrolysis) is 1. The maximum atomic E-state index is 13.0. The summed E-state index contributed by atoms with van der Waals surface area (Å²) < 4.78 is 5.30. The van der Waals surface area contributed by atoms with Gasteiger partial charge >= 0.3 is 12.1 Å². The van der Waals surface area contributed by atoms with Gasteiger partial charge in [0.05, 0.1) is 5.56 Å². The lowest BCUT2D eigenvalue weighted by Gasteiger charge is -2.23. The number of carbonyl (C=O) groups is 3. The Morgan fingerprint density at radius 3 is 2.31 bits per heavy atom. The number of hydrogen-bond donors (Lipinski definition) is 3. The molecular weight excluding hydrogens is 408 g/mol. The number of unbranched alkanes of at least 4 members (excludes halogenated alkanes) is 2. The zero-order valence-electron chi connectivity index (χ0n) is 19.1. The molecule has 32 heavy (non-hydrogen) atoms. The Hall–Kier alpha value is -3.35. The van der Waals surface area contributed by atoms with E-state index in [1.165, 1.54) is 6.07 Å². The second-order valence-electron chi connectivity index (χ2n) is 8.62. The minimum absolute atomic E-state index is 0.139. The second-order valence-corrected chi connectivity index (χ2v) is 8.62.